The van der Waals surface area contributed by atoms with E-state index in [9.17, 15) is 34.8 Å². The summed E-state index contributed by atoms with van der Waals surface area (Å²) in [6.07, 6.45) is 1.78. The van der Waals surface area contributed by atoms with E-state index in [0.29, 0.717) is 11.1 Å². The van der Waals surface area contributed by atoms with E-state index < -0.39 is 58.0 Å². The zero-order valence-electron chi connectivity index (χ0n) is 21.4. The highest BCUT2D eigenvalue weighted by Crippen LogP contribution is 2.53. The third-order valence-electron chi connectivity index (χ3n) is 7.55. The molecule has 0 spiro atoms. The first-order valence-corrected chi connectivity index (χ1v) is 12.1. The Kier molecular flexibility index (Phi) is 6.46. The van der Waals surface area contributed by atoms with Crippen molar-refractivity contribution in [3.8, 4) is 5.75 Å². The van der Waals surface area contributed by atoms with Crippen molar-refractivity contribution < 1.29 is 39.5 Å². The number of ketones is 2. The van der Waals surface area contributed by atoms with Crippen LogP contribution in [-0.2, 0) is 25.5 Å². The number of ether oxygens (including phenoxy) is 1. The van der Waals surface area contributed by atoms with Gasteiger partial charge in [0.1, 0.15) is 22.8 Å². The Balaban J connectivity index is 1.94. The smallest absolute Gasteiger partial charge is 0.255 e. The molecule has 0 saturated heterocycles. The first-order valence-electron chi connectivity index (χ1n) is 12.1. The van der Waals surface area contributed by atoms with E-state index in [4.69, 9.17) is 10.5 Å². The third kappa shape index (κ3) is 3.82. The number of likely N-dealkylation sites (N-methyl/N-ethyl adjacent to an activating group) is 1. The molecule has 1 saturated carbocycles. The number of fused-ring (bicyclic) bond motifs is 3. The normalized spacial score (nSPS) is 27.9. The number of carbonyl (C=O) groups is 3. The van der Waals surface area contributed by atoms with Crippen molar-refractivity contribution in [1.29, 1.82) is 0 Å². The van der Waals surface area contributed by atoms with Crippen molar-refractivity contribution in [3.05, 3.63) is 52.0 Å². The fraction of sp³-hybridized carbons (Fsp3) is 0.444. The van der Waals surface area contributed by atoms with E-state index in [-0.39, 0.29) is 35.8 Å². The van der Waals surface area contributed by atoms with Crippen LogP contribution in [0, 0.1) is 11.8 Å². The van der Waals surface area contributed by atoms with Gasteiger partial charge in [0, 0.05) is 11.5 Å². The van der Waals surface area contributed by atoms with Crippen molar-refractivity contribution in [1.82, 2.24) is 4.90 Å². The van der Waals surface area contributed by atoms with Crippen LogP contribution in [0.25, 0.3) is 11.3 Å². The molecule has 4 atom stereocenters. The number of hydrogen-bond acceptors (Lipinski definition) is 9. The Morgan fingerprint density at radius 2 is 1.86 bits per heavy atom. The first-order chi connectivity index (χ1) is 17.2. The number of phenolic OH excluding ortho intramolecular Hbond substituents is 1. The summed E-state index contributed by atoms with van der Waals surface area (Å²) in [4.78, 5) is 40.5. The molecule has 0 bridgehead atoms. The topological polar surface area (TPSA) is 171 Å². The van der Waals surface area contributed by atoms with E-state index in [2.05, 4.69) is 0 Å². The molecule has 4 rings (SSSR count). The molecule has 0 aromatic heterocycles. The minimum atomic E-state index is -2.65. The van der Waals surface area contributed by atoms with Crippen LogP contribution in [-0.4, -0.2) is 74.6 Å². The molecule has 1 amide bonds. The van der Waals surface area contributed by atoms with E-state index in [1.165, 1.54) is 11.0 Å². The lowest BCUT2D eigenvalue weighted by Crippen LogP contribution is -2.65. The average molecular weight is 513 g/mol. The number of primary amides is 1. The number of phenols is 1. The number of benzene rings is 1. The first kappa shape index (κ1) is 26.4. The van der Waals surface area contributed by atoms with Crippen LogP contribution in [0.3, 0.4) is 0 Å². The molecule has 0 heterocycles. The Morgan fingerprint density at radius 1 is 1.22 bits per heavy atom. The van der Waals surface area contributed by atoms with Crippen LogP contribution in [0.1, 0.15) is 43.9 Å². The predicted octanol–water partition coefficient (Wildman–Crippen LogP) is 1.75. The fourth-order valence-corrected chi connectivity index (χ4v) is 5.92. The second kappa shape index (κ2) is 9.04. The number of Topliss-reactive ketones (excluding diaryl/α,β-unsaturated/α-hetero) is 2. The summed E-state index contributed by atoms with van der Waals surface area (Å²) in [5, 5.41) is 44.5. The largest absolute Gasteiger partial charge is 0.508 e. The molecule has 6 N–H and O–H groups in total. The van der Waals surface area contributed by atoms with Gasteiger partial charge in [0.05, 0.1) is 24.0 Å². The standard InChI is InChI=1S/C27H32N2O8/c1-11(2)37-10-12(3)14-6-7-17(30)19-15(14)8-13-9-16-21(29(4)5)23(32)20(26(28)35)25(34)27(16,36)24(33)18(13)22(19)31/h6-7,10-11,13,16,21,30-31,34,36H,8-9H2,1-5H3,(H2,28,35)/b12-10-/t13-,16-,21-,27-/m0/s1. The van der Waals surface area contributed by atoms with Crippen LogP contribution in [0.5, 0.6) is 5.75 Å². The van der Waals surface area contributed by atoms with E-state index in [1.54, 1.807) is 26.4 Å². The highest BCUT2D eigenvalue weighted by molar-refractivity contribution is 6.24. The molecule has 3 aliphatic carbocycles. The Labute approximate surface area is 214 Å². The molecule has 3 aliphatic rings. The summed E-state index contributed by atoms with van der Waals surface area (Å²) >= 11 is 0. The van der Waals surface area contributed by atoms with Gasteiger partial charge in [-0.3, -0.25) is 19.3 Å². The van der Waals surface area contributed by atoms with Gasteiger partial charge < -0.3 is 30.9 Å². The number of nitrogens with two attached hydrogens (primary N) is 1. The van der Waals surface area contributed by atoms with Gasteiger partial charge in [0.25, 0.3) is 5.91 Å². The summed E-state index contributed by atoms with van der Waals surface area (Å²) < 4.78 is 5.61. The molecule has 1 aromatic rings. The highest BCUT2D eigenvalue weighted by atomic mass is 16.5. The van der Waals surface area contributed by atoms with E-state index in [0.717, 1.165) is 5.57 Å². The Morgan fingerprint density at radius 3 is 2.43 bits per heavy atom. The summed E-state index contributed by atoms with van der Waals surface area (Å²) in [7, 11) is 3.12. The lowest BCUT2D eigenvalue weighted by molar-refractivity contribution is -0.153. The van der Waals surface area contributed by atoms with Crippen LogP contribution in [0.15, 0.2) is 35.3 Å². The molecule has 0 radical (unpaired) electrons. The number of nitrogens with zero attached hydrogens (tertiary/aromatic N) is 1. The van der Waals surface area contributed by atoms with Crippen molar-refractivity contribution in [3.63, 3.8) is 0 Å². The number of rotatable bonds is 5. The number of aliphatic hydroxyl groups is 3. The van der Waals surface area contributed by atoms with Gasteiger partial charge in [-0.2, -0.15) is 0 Å². The van der Waals surface area contributed by atoms with Crippen LogP contribution >= 0.6 is 0 Å². The maximum atomic E-state index is 13.8. The molecule has 10 heteroatoms. The van der Waals surface area contributed by atoms with Crippen molar-refractivity contribution >= 4 is 28.8 Å². The van der Waals surface area contributed by atoms with Gasteiger partial charge in [-0.15, -0.1) is 0 Å². The molecule has 0 unspecified atom stereocenters. The third-order valence-corrected chi connectivity index (χ3v) is 7.55. The lowest BCUT2D eigenvalue weighted by Gasteiger charge is -2.50. The van der Waals surface area contributed by atoms with Crippen molar-refractivity contribution in [2.24, 2.45) is 17.6 Å². The van der Waals surface area contributed by atoms with Gasteiger partial charge in [-0.05, 0) is 76.4 Å². The van der Waals surface area contributed by atoms with Gasteiger partial charge in [-0.1, -0.05) is 6.07 Å². The SMILES string of the molecule is C/C(=C/OC(C)C)c1ccc(O)c2c1C[C@H]1C[C@H]3[C@H](N(C)C)C(=O)C(C(N)=O)=C(O)[C@@]3(O)C(=O)C1=C2O. The molecule has 10 nitrogen and oxygen atoms in total. The monoisotopic (exact) mass is 512 g/mol. The Bertz CT molecular complexity index is 1310. The maximum absolute atomic E-state index is 13.8. The summed E-state index contributed by atoms with van der Waals surface area (Å²) in [6.45, 7) is 5.59. The number of aliphatic hydroxyl groups excluding tert-OH is 2. The van der Waals surface area contributed by atoms with Crippen molar-refractivity contribution in [2.75, 3.05) is 14.1 Å². The second-order valence-electron chi connectivity index (χ2n) is 10.4. The minimum absolute atomic E-state index is 0.0338. The molecular formula is C27H32N2O8. The number of allylic oxidation sites excluding steroid dienone is 1. The summed E-state index contributed by atoms with van der Waals surface area (Å²) in [6, 6.07) is 1.97. The molecule has 198 valence electrons. The zero-order chi connectivity index (χ0) is 27.6. The number of amides is 1. The van der Waals surface area contributed by atoms with Crippen LogP contribution in [0.4, 0.5) is 0 Å². The molecule has 1 aromatic carbocycles. The molecular weight excluding hydrogens is 480 g/mol. The van der Waals surface area contributed by atoms with Crippen LogP contribution < -0.4 is 5.73 Å². The summed E-state index contributed by atoms with van der Waals surface area (Å²) in [5.41, 5.74) is 3.75. The summed E-state index contributed by atoms with van der Waals surface area (Å²) in [5.74, 6) is -6.73. The predicted molar refractivity (Wildman–Crippen MR) is 134 cm³/mol. The van der Waals surface area contributed by atoms with Gasteiger partial charge >= 0.3 is 0 Å². The second-order valence-corrected chi connectivity index (χ2v) is 10.4. The molecule has 37 heavy (non-hydrogen) atoms. The van der Waals surface area contributed by atoms with Crippen molar-refractivity contribution in [2.45, 2.75) is 51.4 Å². The molecule has 0 aliphatic heterocycles. The van der Waals surface area contributed by atoms with Crippen LogP contribution in [0.2, 0.25) is 0 Å². The highest BCUT2D eigenvalue weighted by Gasteiger charge is 2.64. The fourth-order valence-electron chi connectivity index (χ4n) is 5.92. The number of hydrogen-bond donors (Lipinski definition) is 5. The van der Waals surface area contributed by atoms with Gasteiger partial charge in [0.15, 0.2) is 11.4 Å². The van der Waals surface area contributed by atoms with E-state index in [1.807, 2.05) is 20.8 Å². The number of aromatic hydroxyl groups is 1. The Hall–Kier alpha value is -3.63. The minimum Gasteiger partial charge on any atom is -0.508 e. The lowest BCUT2D eigenvalue weighted by atomic mass is 9.57. The molecule has 1 fully saturated rings. The van der Waals surface area contributed by atoms with Gasteiger partial charge in [-0.25, -0.2) is 0 Å². The maximum Gasteiger partial charge on any atom is 0.255 e. The zero-order valence-corrected chi connectivity index (χ0v) is 21.4. The average Bonchev–Trinajstić information content (AvgIpc) is 2.79. The number of carbonyl (C=O) groups excluding carboxylic acids is 3. The quantitative estimate of drug-likeness (QED) is 0.291. The van der Waals surface area contributed by atoms with E-state index >= 15 is 0 Å². The van der Waals surface area contributed by atoms with Gasteiger partial charge in [0.2, 0.25) is 5.78 Å².